The second-order valence-corrected chi connectivity index (χ2v) is 12.1. The minimum atomic E-state index is -4.39. The van der Waals surface area contributed by atoms with Crippen LogP contribution in [0.4, 0.5) is 10.5 Å². The number of thiazole rings is 1. The number of nitrogens with zero attached hydrogens (tertiary/aromatic N) is 3. The van der Waals surface area contributed by atoms with Gasteiger partial charge in [-0.1, -0.05) is 18.2 Å². The van der Waals surface area contributed by atoms with Crippen molar-refractivity contribution in [2.45, 2.75) is 31.3 Å². The summed E-state index contributed by atoms with van der Waals surface area (Å²) in [5, 5.41) is 7.79. The summed E-state index contributed by atoms with van der Waals surface area (Å²) in [6.45, 7) is 0.752. The van der Waals surface area contributed by atoms with Gasteiger partial charge in [0.25, 0.3) is 0 Å². The summed E-state index contributed by atoms with van der Waals surface area (Å²) < 4.78 is 38.1. The van der Waals surface area contributed by atoms with Crippen LogP contribution >= 0.6 is 22.7 Å². The predicted octanol–water partition coefficient (Wildman–Crippen LogP) is 4.06. The summed E-state index contributed by atoms with van der Waals surface area (Å²) in [4.78, 5) is 35.0. The molecule has 0 aliphatic carbocycles. The second-order valence-electron chi connectivity index (χ2n) is 9.14. The van der Waals surface area contributed by atoms with Gasteiger partial charge in [0.05, 0.1) is 29.4 Å². The molecule has 1 aromatic carbocycles. The average molecular weight is 613 g/mol. The van der Waals surface area contributed by atoms with Crippen molar-refractivity contribution in [3.63, 3.8) is 0 Å². The fraction of sp³-hybridized carbons (Fsp3) is 0.400. The minimum absolute atomic E-state index is 0. The topological polar surface area (TPSA) is 176 Å². The first-order valence-electron chi connectivity index (χ1n) is 12.1. The van der Waals surface area contributed by atoms with Gasteiger partial charge in [-0.05, 0) is 69.0 Å². The van der Waals surface area contributed by atoms with Crippen LogP contribution in [0.2, 0.25) is 0 Å². The first-order valence-corrected chi connectivity index (χ1v) is 15.3. The Hall–Kier alpha value is -3.08. The number of anilines is 1. The molecule has 220 valence electrons. The third-order valence-electron chi connectivity index (χ3n) is 5.88. The summed E-state index contributed by atoms with van der Waals surface area (Å²) in [6.07, 6.45) is 0.888. The molecule has 0 spiro atoms. The molecular weight excluding hydrogens is 577 g/mol. The predicted molar refractivity (Wildman–Crippen MR) is 158 cm³/mol. The number of methoxy groups -OCH3 is 1. The maximum absolute atomic E-state index is 13.6. The maximum Gasteiger partial charge on any atom is 0.409 e. The van der Waals surface area contributed by atoms with Gasteiger partial charge in [0.2, 0.25) is 5.91 Å². The number of thiophene rings is 1. The van der Waals surface area contributed by atoms with Crippen molar-refractivity contribution in [3.05, 3.63) is 58.4 Å². The molecule has 2 heterocycles. The van der Waals surface area contributed by atoms with E-state index >= 15 is 0 Å². The maximum atomic E-state index is 13.6. The highest BCUT2D eigenvalue weighted by molar-refractivity contribution is 7.87. The molecule has 0 radical (unpaired) electrons. The molecule has 0 aliphatic heterocycles. The van der Waals surface area contributed by atoms with Gasteiger partial charge in [-0.15, -0.1) is 22.7 Å². The van der Waals surface area contributed by atoms with Crippen molar-refractivity contribution < 1.29 is 27.3 Å². The molecule has 0 saturated heterocycles. The summed E-state index contributed by atoms with van der Waals surface area (Å²) in [5.41, 5.74) is 1.68. The highest BCUT2D eigenvalue weighted by Gasteiger charge is 2.30. The van der Waals surface area contributed by atoms with Crippen molar-refractivity contribution in [1.82, 2.24) is 26.3 Å². The fourth-order valence-electron chi connectivity index (χ4n) is 3.92. The van der Waals surface area contributed by atoms with Gasteiger partial charge in [0.15, 0.2) is 0 Å². The van der Waals surface area contributed by atoms with E-state index in [-0.39, 0.29) is 17.7 Å². The lowest BCUT2D eigenvalue weighted by molar-refractivity contribution is -0.126. The van der Waals surface area contributed by atoms with E-state index in [0.717, 1.165) is 22.0 Å². The third kappa shape index (κ3) is 9.83. The number of rotatable bonds is 13. The standard InChI is InChI=1S/C25H33N5O6S3.H3N/c1-29(2)13-5-7-21(30(3)25(32)36-4)23(31)26-19(20-16-38-24(27-20)22-8-6-14-37-22)15-17-9-11-18(12-10-17)28-39(33,34)35;/h6,8-12,14,16,19,21,28H,5,7,13,15H2,1-4H3,(H,26,31)(H,33,34,35);1H3/t19-,21?;/m0./s1. The van der Waals surface area contributed by atoms with Gasteiger partial charge < -0.3 is 21.1 Å². The molecule has 15 heteroatoms. The smallest absolute Gasteiger partial charge is 0.409 e. The Morgan fingerprint density at radius 3 is 2.40 bits per heavy atom. The van der Waals surface area contributed by atoms with Crippen LogP contribution in [0, 0.1) is 0 Å². The largest absolute Gasteiger partial charge is 0.453 e. The molecule has 3 aromatic rings. The molecule has 0 aliphatic rings. The Kier molecular flexibility index (Phi) is 12.5. The number of nitrogens with one attached hydrogen (secondary N) is 2. The van der Waals surface area contributed by atoms with Gasteiger partial charge in [0, 0.05) is 12.4 Å². The van der Waals surface area contributed by atoms with Crippen LogP contribution in [0.3, 0.4) is 0 Å². The van der Waals surface area contributed by atoms with Crippen LogP contribution in [-0.4, -0.2) is 80.6 Å². The molecule has 0 saturated carbocycles. The summed E-state index contributed by atoms with van der Waals surface area (Å²) in [5.74, 6) is -0.331. The fourth-order valence-corrected chi connectivity index (χ4v) is 6.04. The first-order chi connectivity index (χ1) is 18.5. The number of hydrogen-bond donors (Lipinski definition) is 4. The van der Waals surface area contributed by atoms with Crippen LogP contribution in [0.25, 0.3) is 9.88 Å². The molecule has 0 bridgehead atoms. The zero-order valence-electron chi connectivity index (χ0n) is 22.9. The molecule has 3 rings (SSSR count). The molecule has 2 amide bonds. The Balaban J connectivity index is 0.00000560. The number of benzene rings is 1. The van der Waals surface area contributed by atoms with Crippen LogP contribution in [0.5, 0.6) is 0 Å². The summed E-state index contributed by atoms with van der Waals surface area (Å²) >= 11 is 3.05. The van der Waals surface area contributed by atoms with Crippen molar-refractivity contribution in [1.29, 1.82) is 0 Å². The highest BCUT2D eigenvalue weighted by Crippen LogP contribution is 2.31. The Labute approximate surface area is 242 Å². The number of aromatic nitrogens is 1. The Morgan fingerprint density at radius 1 is 1.12 bits per heavy atom. The lowest BCUT2D eigenvalue weighted by atomic mass is 10.0. The van der Waals surface area contributed by atoms with E-state index in [4.69, 9.17) is 14.3 Å². The molecule has 2 atom stereocenters. The SMILES string of the molecule is COC(=O)N(C)C(CCCN(C)C)C(=O)N[C@@H](Cc1ccc(NS(=O)(=O)O)cc1)c1csc(-c2cccs2)n1.N. The van der Waals surface area contributed by atoms with Crippen LogP contribution in [-0.2, 0) is 26.3 Å². The van der Waals surface area contributed by atoms with E-state index < -0.39 is 28.5 Å². The quantitative estimate of drug-likeness (QED) is 0.207. The summed E-state index contributed by atoms with van der Waals surface area (Å²) in [6, 6.07) is 9.10. The van der Waals surface area contributed by atoms with Crippen LogP contribution in [0.1, 0.15) is 30.1 Å². The normalized spacial score (nSPS) is 12.8. The zero-order valence-corrected chi connectivity index (χ0v) is 25.3. The van der Waals surface area contributed by atoms with Gasteiger partial charge in [0.1, 0.15) is 11.0 Å². The molecular formula is C25H36N6O6S3. The molecule has 1 unspecified atom stereocenters. The monoisotopic (exact) mass is 612 g/mol. The molecule has 6 N–H and O–H groups in total. The van der Waals surface area contributed by atoms with Gasteiger partial charge in [-0.3, -0.25) is 19.0 Å². The van der Waals surface area contributed by atoms with E-state index in [9.17, 15) is 18.0 Å². The highest BCUT2D eigenvalue weighted by atomic mass is 32.2. The van der Waals surface area contributed by atoms with Crippen molar-refractivity contribution in [2.75, 3.05) is 39.5 Å². The Bertz CT molecular complexity index is 1330. The number of amides is 2. The second kappa shape index (κ2) is 15.1. The zero-order chi connectivity index (χ0) is 28.6. The van der Waals surface area contributed by atoms with Crippen LogP contribution in [0.15, 0.2) is 47.2 Å². The summed E-state index contributed by atoms with van der Waals surface area (Å²) in [7, 11) is 2.31. The average Bonchev–Trinajstić information content (AvgIpc) is 3.58. The third-order valence-corrected chi connectivity index (χ3v) is 8.28. The number of ether oxygens (including phenoxy) is 1. The lowest BCUT2D eigenvalue weighted by Crippen LogP contribution is -2.49. The number of carbonyl (C=O) groups is 2. The molecule has 0 fully saturated rings. The van der Waals surface area contributed by atoms with E-state index in [0.29, 0.717) is 25.0 Å². The minimum Gasteiger partial charge on any atom is -0.453 e. The van der Waals surface area contributed by atoms with Crippen molar-refractivity contribution in [3.8, 4) is 9.88 Å². The van der Waals surface area contributed by atoms with E-state index in [2.05, 4.69) is 5.32 Å². The molecule has 12 nitrogen and oxygen atoms in total. The number of hydrogen-bond acceptors (Lipinski definition) is 10. The van der Waals surface area contributed by atoms with E-state index in [1.165, 1.54) is 35.5 Å². The lowest BCUT2D eigenvalue weighted by Gasteiger charge is -2.28. The Morgan fingerprint density at radius 2 is 1.82 bits per heavy atom. The van der Waals surface area contributed by atoms with Crippen molar-refractivity contribution in [2.24, 2.45) is 0 Å². The van der Waals surface area contributed by atoms with E-state index in [1.54, 1.807) is 30.5 Å². The van der Waals surface area contributed by atoms with Gasteiger partial charge >= 0.3 is 16.4 Å². The molecule has 2 aromatic heterocycles. The van der Waals surface area contributed by atoms with Gasteiger partial charge in [-0.2, -0.15) is 8.42 Å². The van der Waals surface area contributed by atoms with Crippen molar-refractivity contribution >= 4 is 50.7 Å². The first kappa shape index (κ1) is 33.1. The van der Waals surface area contributed by atoms with Gasteiger partial charge in [-0.25, -0.2) is 9.78 Å². The van der Waals surface area contributed by atoms with E-state index in [1.807, 2.05) is 46.6 Å². The van der Waals surface area contributed by atoms with Crippen LogP contribution < -0.4 is 16.2 Å². The molecule has 40 heavy (non-hydrogen) atoms. The number of likely N-dealkylation sites (N-methyl/N-ethyl adjacent to an activating group) is 1. The number of carbonyl (C=O) groups excluding carboxylic acids is 2.